The Balaban J connectivity index is 2.40. The number of nitrogens with two attached hydrogens (primary N) is 1. The molecule has 2 atom stereocenters. The quantitative estimate of drug-likeness (QED) is 0.262. The second-order valence-electron chi connectivity index (χ2n) is 5.06. The average Bonchev–Trinajstić information content (AvgIpc) is 2.77. The van der Waals surface area contributed by atoms with Crippen LogP contribution in [0.4, 0.5) is 0 Å². The minimum atomic E-state index is -1.15. The third-order valence-corrected chi connectivity index (χ3v) is 4.58. The lowest BCUT2D eigenvalue weighted by Gasteiger charge is -2.15. The fraction of sp³-hybridized carbons (Fsp3) is 0.692. The highest BCUT2D eigenvalue weighted by atomic mass is 32.2. The van der Waals surface area contributed by atoms with Crippen LogP contribution < -0.4 is 16.4 Å². The molecule has 1 saturated heterocycles. The number of amides is 3. The van der Waals surface area contributed by atoms with Gasteiger partial charge in [0, 0.05) is 38.2 Å². The van der Waals surface area contributed by atoms with Crippen LogP contribution in [-0.2, 0) is 19.2 Å². The summed E-state index contributed by atoms with van der Waals surface area (Å²) in [5, 5.41) is 13.6. The van der Waals surface area contributed by atoms with Crippen molar-refractivity contribution in [3.05, 3.63) is 0 Å². The van der Waals surface area contributed by atoms with Gasteiger partial charge < -0.3 is 21.5 Å². The molecule has 1 fully saturated rings. The van der Waals surface area contributed by atoms with Crippen molar-refractivity contribution < 1.29 is 24.3 Å². The first kappa shape index (κ1) is 19.4. The van der Waals surface area contributed by atoms with E-state index in [2.05, 4.69) is 10.6 Å². The molecule has 0 aliphatic carbocycles. The SMILES string of the molecule is CNCCNC(=O)CCN1C(=O)CC(SCC(N)C(=O)O)C1=O. The van der Waals surface area contributed by atoms with E-state index in [1.165, 1.54) is 0 Å². The molecule has 23 heavy (non-hydrogen) atoms. The molecule has 1 aliphatic rings. The maximum absolute atomic E-state index is 12.1. The third-order valence-electron chi connectivity index (χ3n) is 3.26. The largest absolute Gasteiger partial charge is 0.480 e. The molecule has 0 aromatic heterocycles. The molecular weight excluding hydrogens is 324 g/mol. The predicted molar refractivity (Wildman–Crippen MR) is 84.7 cm³/mol. The molecule has 0 bridgehead atoms. The number of hydrogen-bond acceptors (Lipinski definition) is 7. The van der Waals surface area contributed by atoms with Crippen LogP contribution >= 0.6 is 11.8 Å². The zero-order valence-electron chi connectivity index (χ0n) is 12.9. The van der Waals surface area contributed by atoms with Crippen LogP contribution in [0.1, 0.15) is 12.8 Å². The van der Waals surface area contributed by atoms with E-state index in [1.807, 2.05) is 0 Å². The second kappa shape index (κ2) is 9.48. The number of carboxylic acid groups (broad SMARTS) is 1. The molecule has 0 aromatic rings. The first-order valence-electron chi connectivity index (χ1n) is 7.22. The van der Waals surface area contributed by atoms with Crippen LogP contribution in [-0.4, -0.2) is 77.4 Å². The van der Waals surface area contributed by atoms with Crippen molar-refractivity contribution in [1.82, 2.24) is 15.5 Å². The Morgan fingerprint density at radius 3 is 2.74 bits per heavy atom. The van der Waals surface area contributed by atoms with Crippen molar-refractivity contribution in [1.29, 1.82) is 0 Å². The number of likely N-dealkylation sites (tertiary alicyclic amines) is 1. The fourth-order valence-electron chi connectivity index (χ4n) is 1.94. The molecule has 10 heteroatoms. The van der Waals surface area contributed by atoms with Crippen LogP contribution in [0.25, 0.3) is 0 Å². The Bertz CT molecular complexity index is 473. The summed E-state index contributed by atoms with van der Waals surface area (Å²) < 4.78 is 0. The number of imide groups is 1. The summed E-state index contributed by atoms with van der Waals surface area (Å²) in [5.41, 5.74) is 5.38. The van der Waals surface area contributed by atoms with E-state index in [4.69, 9.17) is 10.8 Å². The molecule has 1 heterocycles. The predicted octanol–water partition coefficient (Wildman–Crippen LogP) is -2.02. The average molecular weight is 346 g/mol. The van der Waals surface area contributed by atoms with E-state index >= 15 is 0 Å². The molecule has 9 nitrogen and oxygen atoms in total. The van der Waals surface area contributed by atoms with E-state index < -0.39 is 17.3 Å². The first-order valence-corrected chi connectivity index (χ1v) is 8.27. The summed E-state index contributed by atoms with van der Waals surface area (Å²) in [5.74, 6) is -2.06. The van der Waals surface area contributed by atoms with E-state index in [9.17, 15) is 19.2 Å². The van der Waals surface area contributed by atoms with Gasteiger partial charge >= 0.3 is 5.97 Å². The summed E-state index contributed by atoms with van der Waals surface area (Å²) in [4.78, 5) is 47.3. The minimum absolute atomic E-state index is 0.0111. The number of nitrogens with one attached hydrogen (secondary N) is 2. The smallest absolute Gasteiger partial charge is 0.321 e. The number of carbonyl (C=O) groups excluding carboxylic acids is 3. The first-order chi connectivity index (χ1) is 10.9. The summed E-state index contributed by atoms with van der Waals surface area (Å²) in [6, 6.07) is -1.07. The molecule has 5 N–H and O–H groups in total. The van der Waals surface area contributed by atoms with Gasteiger partial charge in [-0.05, 0) is 7.05 Å². The number of carboxylic acids is 1. The Hall–Kier alpha value is -1.65. The van der Waals surface area contributed by atoms with Gasteiger partial charge in [0.1, 0.15) is 6.04 Å². The number of aliphatic carboxylic acids is 1. The molecular formula is C13H22N4O5S. The van der Waals surface area contributed by atoms with Gasteiger partial charge in [0.05, 0.1) is 5.25 Å². The number of thioether (sulfide) groups is 1. The fourth-order valence-corrected chi connectivity index (χ4v) is 3.05. The van der Waals surface area contributed by atoms with Crippen molar-refractivity contribution in [2.45, 2.75) is 24.1 Å². The van der Waals surface area contributed by atoms with Gasteiger partial charge in [-0.1, -0.05) is 0 Å². The monoisotopic (exact) mass is 346 g/mol. The summed E-state index contributed by atoms with van der Waals surface area (Å²) in [7, 11) is 1.77. The van der Waals surface area contributed by atoms with Crippen LogP contribution in [0.5, 0.6) is 0 Å². The Morgan fingerprint density at radius 2 is 2.13 bits per heavy atom. The molecule has 0 radical (unpaired) electrons. The Kier molecular flexibility index (Phi) is 8.00. The normalized spacial score (nSPS) is 19.0. The lowest BCUT2D eigenvalue weighted by Crippen LogP contribution is -2.37. The molecule has 0 aromatic carbocycles. The molecule has 0 saturated carbocycles. The van der Waals surface area contributed by atoms with Gasteiger partial charge in [0.2, 0.25) is 17.7 Å². The molecule has 130 valence electrons. The van der Waals surface area contributed by atoms with Crippen molar-refractivity contribution in [2.24, 2.45) is 5.73 Å². The number of nitrogens with zero attached hydrogens (tertiary/aromatic N) is 1. The van der Waals surface area contributed by atoms with Crippen LogP contribution in [0, 0.1) is 0 Å². The van der Waals surface area contributed by atoms with Gasteiger partial charge in [0.15, 0.2) is 0 Å². The minimum Gasteiger partial charge on any atom is -0.480 e. The van der Waals surface area contributed by atoms with Crippen LogP contribution in [0.15, 0.2) is 0 Å². The molecule has 3 amide bonds. The standard InChI is InChI=1S/C13H22N4O5S/c1-15-3-4-16-10(18)2-5-17-11(19)6-9(12(17)20)23-7-8(14)13(21)22/h8-9,15H,2-7,14H2,1H3,(H,16,18)(H,21,22). The summed E-state index contributed by atoms with van der Waals surface area (Å²) >= 11 is 1.06. The third kappa shape index (κ3) is 6.16. The Morgan fingerprint density at radius 1 is 1.43 bits per heavy atom. The maximum atomic E-state index is 12.1. The number of carbonyl (C=O) groups is 4. The highest BCUT2D eigenvalue weighted by Gasteiger charge is 2.39. The van der Waals surface area contributed by atoms with Gasteiger partial charge in [0.25, 0.3) is 0 Å². The van der Waals surface area contributed by atoms with Crippen LogP contribution in [0.2, 0.25) is 0 Å². The maximum Gasteiger partial charge on any atom is 0.321 e. The zero-order valence-corrected chi connectivity index (χ0v) is 13.7. The van der Waals surface area contributed by atoms with Gasteiger partial charge in [-0.15, -0.1) is 11.8 Å². The molecule has 2 unspecified atom stereocenters. The van der Waals surface area contributed by atoms with Crippen LogP contribution in [0.3, 0.4) is 0 Å². The number of likely N-dealkylation sites (N-methyl/N-ethyl adjacent to an activating group) is 1. The topological polar surface area (TPSA) is 142 Å². The van der Waals surface area contributed by atoms with Gasteiger partial charge in [-0.3, -0.25) is 24.1 Å². The molecule has 1 aliphatic heterocycles. The van der Waals surface area contributed by atoms with Crippen molar-refractivity contribution in [3.8, 4) is 0 Å². The molecule has 1 rings (SSSR count). The van der Waals surface area contributed by atoms with E-state index in [0.29, 0.717) is 13.1 Å². The Labute approximate surface area is 138 Å². The van der Waals surface area contributed by atoms with Crippen molar-refractivity contribution in [3.63, 3.8) is 0 Å². The highest BCUT2D eigenvalue weighted by Crippen LogP contribution is 2.25. The summed E-state index contributed by atoms with van der Waals surface area (Å²) in [6.07, 6.45) is 0.0600. The summed E-state index contributed by atoms with van der Waals surface area (Å²) in [6.45, 7) is 1.14. The lowest BCUT2D eigenvalue weighted by atomic mass is 10.3. The lowest BCUT2D eigenvalue weighted by molar-refractivity contribution is -0.139. The van der Waals surface area contributed by atoms with E-state index in [-0.39, 0.29) is 42.9 Å². The van der Waals surface area contributed by atoms with Gasteiger partial charge in [-0.25, -0.2) is 0 Å². The number of rotatable bonds is 10. The zero-order chi connectivity index (χ0) is 17.4. The van der Waals surface area contributed by atoms with Crippen molar-refractivity contribution >= 4 is 35.5 Å². The van der Waals surface area contributed by atoms with E-state index in [0.717, 1.165) is 16.7 Å². The number of hydrogen-bond donors (Lipinski definition) is 4. The van der Waals surface area contributed by atoms with E-state index in [1.54, 1.807) is 7.05 Å². The highest BCUT2D eigenvalue weighted by molar-refractivity contribution is 8.00. The second-order valence-corrected chi connectivity index (χ2v) is 6.29. The van der Waals surface area contributed by atoms with Crippen molar-refractivity contribution in [2.75, 3.05) is 32.4 Å². The molecule has 0 spiro atoms. The van der Waals surface area contributed by atoms with Gasteiger partial charge in [-0.2, -0.15) is 0 Å².